The highest BCUT2D eigenvalue weighted by Gasteiger charge is 2.34. The second-order valence-electron chi connectivity index (χ2n) is 7.49. The average molecular weight is 424 g/mol. The van der Waals surface area contributed by atoms with Crippen LogP contribution in [0.5, 0.6) is 0 Å². The van der Waals surface area contributed by atoms with Crippen molar-refractivity contribution in [3.05, 3.63) is 69.0 Å². The van der Waals surface area contributed by atoms with Crippen LogP contribution in [0, 0.1) is 12.7 Å². The number of halogens is 3. The van der Waals surface area contributed by atoms with Gasteiger partial charge in [-0.1, -0.05) is 29.3 Å². The number of nitrogens with zero attached hydrogens (tertiary/aromatic N) is 1. The minimum Gasteiger partial charge on any atom is -0.385 e. The molecule has 2 aromatic carbocycles. The standard InChI is InChI=1S/C22H24Cl2FNO2/c1-15-13-17(25)5-6-18(15)21(27)3-2-10-26-11-8-22(28,9-12-26)16-4-7-19(23)20(24)14-16/h4-7,13-14,28H,2-3,8-12H2,1H3. The molecule has 1 N–H and O–H groups in total. The van der Waals surface area contributed by atoms with Gasteiger partial charge in [-0.05, 0) is 74.2 Å². The fraction of sp³-hybridized carbons (Fsp3) is 0.409. The Morgan fingerprint density at radius 1 is 1.14 bits per heavy atom. The first-order valence-corrected chi connectivity index (χ1v) is 10.2. The molecule has 6 heteroatoms. The molecule has 1 saturated heterocycles. The summed E-state index contributed by atoms with van der Waals surface area (Å²) in [5.74, 6) is -0.279. The van der Waals surface area contributed by atoms with E-state index in [0.717, 1.165) is 31.6 Å². The van der Waals surface area contributed by atoms with Crippen LogP contribution in [0.4, 0.5) is 4.39 Å². The number of likely N-dealkylation sites (tertiary alicyclic amines) is 1. The summed E-state index contributed by atoms with van der Waals surface area (Å²) < 4.78 is 13.2. The molecule has 1 aliphatic heterocycles. The van der Waals surface area contributed by atoms with Gasteiger partial charge in [-0.25, -0.2) is 4.39 Å². The van der Waals surface area contributed by atoms with Gasteiger partial charge >= 0.3 is 0 Å². The monoisotopic (exact) mass is 423 g/mol. The van der Waals surface area contributed by atoms with Crippen LogP contribution in [0.25, 0.3) is 0 Å². The van der Waals surface area contributed by atoms with Gasteiger partial charge in [-0.2, -0.15) is 0 Å². The fourth-order valence-electron chi connectivity index (χ4n) is 3.76. The first-order chi connectivity index (χ1) is 13.3. The lowest BCUT2D eigenvalue weighted by Gasteiger charge is -2.38. The molecule has 0 atom stereocenters. The van der Waals surface area contributed by atoms with Crippen LogP contribution >= 0.6 is 23.2 Å². The van der Waals surface area contributed by atoms with Gasteiger partial charge in [0.1, 0.15) is 5.82 Å². The maximum absolute atomic E-state index is 13.2. The van der Waals surface area contributed by atoms with Crippen LogP contribution in [-0.4, -0.2) is 35.4 Å². The second-order valence-corrected chi connectivity index (χ2v) is 8.30. The predicted octanol–water partition coefficient (Wildman–Crippen LogP) is 5.39. The summed E-state index contributed by atoms with van der Waals surface area (Å²) >= 11 is 12.1. The van der Waals surface area contributed by atoms with E-state index < -0.39 is 5.60 Å². The van der Waals surface area contributed by atoms with Crippen LogP contribution in [0.1, 0.15) is 47.2 Å². The molecule has 3 nitrogen and oxygen atoms in total. The Hall–Kier alpha value is -1.46. The minimum atomic E-state index is -0.897. The minimum absolute atomic E-state index is 0.0434. The number of aryl methyl sites for hydroxylation is 1. The van der Waals surface area contributed by atoms with Crippen molar-refractivity contribution in [2.75, 3.05) is 19.6 Å². The van der Waals surface area contributed by atoms with Gasteiger partial charge in [-0.3, -0.25) is 4.79 Å². The molecule has 0 aromatic heterocycles. The zero-order valence-corrected chi connectivity index (χ0v) is 17.4. The molecule has 1 aliphatic rings. The lowest BCUT2D eigenvalue weighted by atomic mass is 9.84. The van der Waals surface area contributed by atoms with Gasteiger partial charge in [0.2, 0.25) is 0 Å². The first-order valence-electron chi connectivity index (χ1n) is 9.48. The number of hydrogen-bond acceptors (Lipinski definition) is 3. The van der Waals surface area contributed by atoms with E-state index in [1.807, 2.05) is 6.07 Å². The molecule has 0 bridgehead atoms. The van der Waals surface area contributed by atoms with E-state index in [2.05, 4.69) is 4.90 Å². The van der Waals surface area contributed by atoms with Crippen molar-refractivity contribution in [1.82, 2.24) is 4.90 Å². The summed E-state index contributed by atoms with van der Waals surface area (Å²) in [6.45, 7) is 4.05. The third-order valence-electron chi connectivity index (χ3n) is 5.51. The van der Waals surface area contributed by atoms with Gasteiger partial charge in [0, 0.05) is 25.1 Å². The van der Waals surface area contributed by atoms with Crippen LogP contribution < -0.4 is 0 Å². The molecule has 1 heterocycles. The first kappa shape index (κ1) is 21.3. The number of rotatable bonds is 6. The number of carbonyl (C=O) groups excluding carboxylic acids is 1. The molecule has 0 aliphatic carbocycles. The lowest BCUT2D eigenvalue weighted by molar-refractivity contribution is -0.0260. The van der Waals surface area contributed by atoms with E-state index in [1.54, 1.807) is 25.1 Å². The van der Waals surface area contributed by atoms with Crippen molar-refractivity contribution in [3.63, 3.8) is 0 Å². The van der Waals surface area contributed by atoms with Crippen LogP contribution in [0.15, 0.2) is 36.4 Å². The van der Waals surface area contributed by atoms with Gasteiger partial charge in [-0.15, -0.1) is 0 Å². The molecule has 28 heavy (non-hydrogen) atoms. The molecule has 0 radical (unpaired) electrons. The third kappa shape index (κ3) is 4.93. The number of Topliss-reactive ketones (excluding diaryl/α,β-unsaturated/α-hetero) is 1. The van der Waals surface area contributed by atoms with E-state index in [9.17, 15) is 14.3 Å². The zero-order chi connectivity index (χ0) is 20.3. The highest BCUT2D eigenvalue weighted by molar-refractivity contribution is 6.42. The van der Waals surface area contributed by atoms with E-state index in [4.69, 9.17) is 23.2 Å². The van der Waals surface area contributed by atoms with Crippen LogP contribution in [-0.2, 0) is 5.60 Å². The van der Waals surface area contributed by atoms with Crippen LogP contribution in [0.3, 0.4) is 0 Å². The van der Waals surface area contributed by atoms with E-state index in [0.29, 0.717) is 40.4 Å². The maximum Gasteiger partial charge on any atom is 0.163 e. The molecular formula is C22H24Cl2FNO2. The number of aliphatic hydroxyl groups is 1. The van der Waals surface area contributed by atoms with Crippen LogP contribution in [0.2, 0.25) is 10.0 Å². The van der Waals surface area contributed by atoms with Gasteiger partial charge in [0.25, 0.3) is 0 Å². The quantitative estimate of drug-likeness (QED) is 0.633. The Morgan fingerprint density at radius 2 is 1.86 bits per heavy atom. The van der Waals surface area contributed by atoms with E-state index >= 15 is 0 Å². The number of carbonyl (C=O) groups is 1. The fourth-order valence-corrected chi connectivity index (χ4v) is 4.06. The Labute approximate surface area is 175 Å². The molecule has 150 valence electrons. The zero-order valence-electron chi connectivity index (χ0n) is 15.9. The van der Waals surface area contributed by atoms with Crippen molar-refractivity contribution in [1.29, 1.82) is 0 Å². The summed E-state index contributed by atoms with van der Waals surface area (Å²) in [4.78, 5) is 14.6. The van der Waals surface area contributed by atoms with E-state index in [-0.39, 0.29) is 11.6 Å². The molecule has 0 unspecified atom stereocenters. The number of ketones is 1. The van der Waals surface area contributed by atoms with Gasteiger partial charge in [0.05, 0.1) is 15.6 Å². The molecule has 0 saturated carbocycles. The highest BCUT2D eigenvalue weighted by Crippen LogP contribution is 2.35. The van der Waals surface area contributed by atoms with Crippen molar-refractivity contribution >= 4 is 29.0 Å². The average Bonchev–Trinajstić information content (AvgIpc) is 2.65. The summed E-state index contributed by atoms with van der Waals surface area (Å²) in [5.41, 5.74) is 1.17. The van der Waals surface area contributed by atoms with Crippen molar-refractivity contribution in [2.45, 2.75) is 38.2 Å². The predicted molar refractivity (Wildman–Crippen MR) is 111 cm³/mol. The summed E-state index contributed by atoms with van der Waals surface area (Å²) in [6.07, 6.45) is 2.38. The number of piperidine rings is 1. The van der Waals surface area contributed by atoms with Crippen molar-refractivity contribution in [3.8, 4) is 0 Å². The Morgan fingerprint density at radius 3 is 2.50 bits per heavy atom. The largest absolute Gasteiger partial charge is 0.385 e. The topological polar surface area (TPSA) is 40.5 Å². The van der Waals surface area contributed by atoms with Crippen molar-refractivity contribution in [2.24, 2.45) is 0 Å². The summed E-state index contributed by atoms with van der Waals surface area (Å²) in [7, 11) is 0. The highest BCUT2D eigenvalue weighted by atomic mass is 35.5. The normalized spacial score (nSPS) is 16.9. The van der Waals surface area contributed by atoms with Crippen molar-refractivity contribution < 1.29 is 14.3 Å². The maximum atomic E-state index is 13.2. The number of hydrogen-bond donors (Lipinski definition) is 1. The molecular weight excluding hydrogens is 400 g/mol. The second kappa shape index (κ2) is 8.91. The lowest BCUT2D eigenvalue weighted by Crippen LogP contribution is -2.42. The number of benzene rings is 2. The summed E-state index contributed by atoms with van der Waals surface area (Å²) in [5, 5.41) is 11.9. The molecule has 0 amide bonds. The Bertz CT molecular complexity index is 864. The molecule has 0 spiro atoms. The van der Waals surface area contributed by atoms with Gasteiger partial charge < -0.3 is 10.0 Å². The van der Waals surface area contributed by atoms with E-state index in [1.165, 1.54) is 12.1 Å². The smallest absolute Gasteiger partial charge is 0.163 e. The SMILES string of the molecule is Cc1cc(F)ccc1C(=O)CCCN1CCC(O)(c2ccc(Cl)c(Cl)c2)CC1. The molecule has 3 rings (SSSR count). The van der Waals surface area contributed by atoms with Gasteiger partial charge in [0.15, 0.2) is 5.78 Å². The Balaban J connectivity index is 1.49. The Kier molecular flexibility index (Phi) is 6.77. The molecule has 1 fully saturated rings. The summed E-state index contributed by atoms with van der Waals surface area (Å²) in [6, 6.07) is 9.56. The molecule has 2 aromatic rings. The third-order valence-corrected chi connectivity index (χ3v) is 6.25.